The SMILES string of the molecule is CCCC(C)(C)NCCCCN. The molecule has 0 atom stereocenters. The monoisotopic (exact) mass is 172 g/mol. The van der Waals surface area contributed by atoms with Crippen molar-refractivity contribution in [2.24, 2.45) is 5.73 Å². The standard InChI is InChI=1S/C10H24N2/c1-4-7-10(2,3)12-9-6-5-8-11/h12H,4-9,11H2,1-3H3. The first-order chi connectivity index (χ1) is 5.62. The van der Waals surface area contributed by atoms with Crippen LogP contribution in [0.5, 0.6) is 0 Å². The Morgan fingerprint density at radius 2 is 1.92 bits per heavy atom. The summed E-state index contributed by atoms with van der Waals surface area (Å²) in [6.07, 6.45) is 4.82. The predicted octanol–water partition coefficient (Wildman–Crippen LogP) is 1.89. The Morgan fingerprint density at radius 1 is 1.25 bits per heavy atom. The number of hydrogen-bond donors (Lipinski definition) is 2. The highest BCUT2D eigenvalue weighted by Gasteiger charge is 2.13. The average Bonchev–Trinajstić information content (AvgIpc) is 1.98. The van der Waals surface area contributed by atoms with Crippen LogP contribution in [0.25, 0.3) is 0 Å². The summed E-state index contributed by atoms with van der Waals surface area (Å²) < 4.78 is 0. The van der Waals surface area contributed by atoms with Gasteiger partial charge in [0.25, 0.3) is 0 Å². The maximum Gasteiger partial charge on any atom is 0.0125 e. The van der Waals surface area contributed by atoms with Crippen LogP contribution in [0.4, 0.5) is 0 Å². The van der Waals surface area contributed by atoms with Crippen LogP contribution in [0, 0.1) is 0 Å². The average molecular weight is 172 g/mol. The molecule has 0 fully saturated rings. The number of unbranched alkanes of at least 4 members (excludes halogenated alkanes) is 1. The molecule has 2 heteroatoms. The van der Waals surface area contributed by atoms with E-state index in [1.807, 2.05) is 0 Å². The van der Waals surface area contributed by atoms with Crippen molar-refractivity contribution >= 4 is 0 Å². The van der Waals surface area contributed by atoms with Crippen LogP contribution >= 0.6 is 0 Å². The second-order valence-electron chi connectivity index (χ2n) is 4.06. The van der Waals surface area contributed by atoms with Crippen molar-refractivity contribution in [1.82, 2.24) is 5.32 Å². The summed E-state index contributed by atoms with van der Waals surface area (Å²) in [5.41, 5.74) is 5.72. The maximum absolute atomic E-state index is 5.41. The molecule has 0 aromatic rings. The zero-order valence-electron chi connectivity index (χ0n) is 8.82. The second-order valence-corrected chi connectivity index (χ2v) is 4.06. The van der Waals surface area contributed by atoms with Crippen LogP contribution < -0.4 is 11.1 Å². The van der Waals surface area contributed by atoms with Gasteiger partial charge in [0.15, 0.2) is 0 Å². The van der Waals surface area contributed by atoms with Crippen molar-refractivity contribution in [2.75, 3.05) is 13.1 Å². The lowest BCUT2D eigenvalue weighted by molar-refractivity contribution is 0.356. The molecule has 0 unspecified atom stereocenters. The van der Waals surface area contributed by atoms with Crippen LogP contribution in [0.3, 0.4) is 0 Å². The van der Waals surface area contributed by atoms with E-state index in [4.69, 9.17) is 5.73 Å². The Bertz CT molecular complexity index is 100. The molecule has 12 heavy (non-hydrogen) atoms. The minimum Gasteiger partial charge on any atom is -0.330 e. The zero-order chi connectivity index (χ0) is 9.45. The largest absolute Gasteiger partial charge is 0.330 e. The third-order valence-electron chi connectivity index (χ3n) is 2.11. The molecule has 0 aliphatic heterocycles. The van der Waals surface area contributed by atoms with Gasteiger partial charge in [-0.15, -0.1) is 0 Å². The van der Waals surface area contributed by atoms with E-state index in [1.165, 1.54) is 19.3 Å². The van der Waals surface area contributed by atoms with E-state index in [2.05, 4.69) is 26.1 Å². The van der Waals surface area contributed by atoms with Crippen LogP contribution in [0.1, 0.15) is 46.5 Å². The van der Waals surface area contributed by atoms with Gasteiger partial charge in [0.1, 0.15) is 0 Å². The molecule has 74 valence electrons. The van der Waals surface area contributed by atoms with Crippen LogP contribution in [0.15, 0.2) is 0 Å². The maximum atomic E-state index is 5.41. The summed E-state index contributed by atoms with van der Waals surface area (Å²) in [7, 11) is 0. The van der Waals surface area contributed by atoms with Crippen molar-refractivity contribution in [3.63, 3.8) is 0 Å². The van der Waals surface area contributed by atoms with E-state index >= 15 is 0 Å². The minimum atomic E-state index is 0.309. The number of rotatable bonds is 7. The topological polar surface area (TPSA) is 38.0 Å². The van der Waals surface area contributed by atoms with Crippen molar-refractivity contribution in [2.45, 2.75) is 52.0 Å². The highest BCUT2D eigenvalue weighted by atomic mass is 14.9. The Kier molecular flexibility index (Phi) is 6.39. The lowest BCUT2D eigenvalue weighted by Crippen LogP contribution is -2.39. The first-order valence-corrected chi connectivity index (χ1v) is 5.07. The third kappa shape index (κ3) is 6.62. The molecule has 0 bridgehead atoms. The van der Waals surface area contributed by atoms with Crippen molar-refractivity contribution in [3.05, 3.63) is 0 Å². The molecule has 0 aromatic carbocycles. The van der Waals surface area contributed by atoms with Crippen molar-refractivity contribution < 1.29 is 0 Å². The molecule has 0 heterocycles. The molecule has 0 saturated heterocycles. The van der Waals surface area contributed by atoms with Gasteiger partial charge in [-0.1, -0.05) is 13.3 Å². The van der Waals surface area contributed by atoms with Gasteiger partial charge in [-0.05, 0) is 46.2 Å². The van der Waals surface area contributed by atoms with Crippen molar-refractivity contribution in [1.29, 1.82) is 0 Å². The number of hydrogen-bond acceptors (Lipinski definition) is 2. The molecule has 2 nitrogen and oxygen atoms in total. The van der Waals surface area contributed by atoms with Gasteiger partial charge in [0, 0.05) is 5.54 Å². The Hall–Kier alpha value is -0.0800. The normalized spacial score (nSPS) is 12.0. The summed E-state index contributed by atoms with van der Waals surface area (Å²) in [4.78, 5) is 0. The Morgan fingerprint density at radius 3 is 2.42 bits per heavy atom. The van der Waals surface area contributed by atoms with Gasteiger partial charge in [-0.3, -0.25) is 0 Å². The first kappa shape index (κ1) is 11.9. The highest BCUT2D eigenvalue weighted by molar-refractivity contribution is 4.76. The molecule has 0 spiro atoms. The molecule has 0 aliphatic carbocycles. The van der Waals surface area contributed by atoms with Crippen LogP contribution in [-0.2, 0) is 0 Å². The quantitative estimate of drug-likeness (QED) is 0.576. The molecular weight excluding hydrogens is 148 g/mol. The fourth-order valence-corrected chi connectivity index (χ4v) is 1.41. The van der Waals surface area contributed by atoms with Crippen molar-refractivity contribution in [3.8, 4) is 0 Å². The Balaban J connectivity index is 3.33. The van der Waals surface area contributed by atoms with Crippen LogP contribution in [0.2, 0.25) is 0 Å². The molecular formula is C10H24N2. The molecule has 3 N–H and O–H groups in total. The molecule has 0 amide bonds. The molecule has 0 aromatic heterocycles. The summed E-state index contributed by atoms with van der Waals surface area (Å²) >= 11 is 0. The molecule has 0 aliphatic rings. The van der Waals surface area contributed by atoms with Gasteiger partial charge in [0.2, 0.25) is 0 Å². The molecule has 0 rings (SSSR count). The van der Waals surface area contributed by atoms with E-state index in [1.54, 1.807) is 0 Å². The molecule has 0 saturated carbocycles. The Labute approximate surface area is 76.9 Å². The summed E-state index contributed by atoms with van der Waals surface area (Å²) in [6, 6.07) is 0. The minimum absolute atomic E-state index is 0.309. The smallest absolute Gasteiger partial charge is 0.0125 e. The highest BCUT2D eigenvalue weighted by Crippen LogP contribution is 2.10. The van der Waals surface area contributed by atoms with E-state index in [9.17, 15) is 0 Å². The van der Waals surface area contributed by atoms with E-state index in [0.29, 0.717) is 5.54 Å². The fraction of sp³-hybridized carbons (Fsp3) is 1.00. The summed E-state index contributed by atoms with van der Waals surface area (Å²) in [6.45, 7) is 8.67. The molecule has 0 radical (unpaired) electrons. The number of nitrogens with one attached hydrogen (secondary N) is 1. The third-order valence-corrected chi connectivity index (χ3v) is 2.11. The van der Waals surface area contributed by atoms with Gasteiger partial charge < -0.3 is 11.1 Å². The lowest BCUT2D eigenvalue weighted by atomic mass is 9.99. The second kappa shape index (κ2) is 6.44. The van der Waals surface area contributed by atoms with E-state index in [0.717, 1.165) is 19.5 Å². The van der Waals surface area contributed by atoms with E-state index in [-0.39, 0.29) is 0 Å². The van der Waals surface area contributed by atoms with Crippen LogP contribution in [-0.4, -0.2) is 18.6 Å². The fourth-order valence-electron chi connectivity index (χ4n) is 1.41. The summed E-state index contributed by atoms with van der Waals surface area (Å²) in [5.74, 6) is 0. The predicted molar refractivity (Wildman–Crippen MR) is 55.3 cm³/mol. The van der Waals surface area contributed by atoms with Gasteiger partial charge >= 0.3 is 0 Å². The summed E-state index contributed by atoms with van der Waals surface area (Å²) in [5, 5.41) is 3.54. The van der Waals surface area contributed by atoms with Gasteiger partial charge in [-0.25, -0.2) is 0 Å². The lowest BCUT2D eigenvalue weighted by Gasteiger charge is -2.25. The first-order valence-electron chi connectivity index (χ1n) is 5.07. The van der Waals surface area contributed by atoms with Gasteiger partial charge in [-0.2, -0.15) is 0 Å². The van der Waals surface area contributed by atoms with E-state index < -0.39 is 0 Å². The zero-order valence-corrected chi connectivity index (χ0v) is 8.82. The number of nitrogens with two attached hydrogens (primary N) is 1. The van der Waals surface area contributed by atoms with Gasteiger partial charge in [0.05, 0.1) is 0 Å².